The number of carboxylic acids is 2. The topological polar surface area (TPSA) is 134 Å². The minimum atomic E-state index is -1.29. The van der Waals surface area contributed by atoms with E-state index in [1.54, 1.807) is 0 Å². The van der Waals surface area contributed by atoms with Crippen molar-refractivity contribution in [3.05, 3.63) is 28.6 Å². The molecule has 96 valence electrons. The highest BCUT2D eigenvalue weighted by molar-refractivity contribution is 5.81. The van der Waals surface area contributed by atoms with Crippen molar-refractivity contribution in [2.75, 3.05) is 18.0 Å². The average Bonchev–Trinajstić information content (AvgIpc) is 2.26. The first kappa shape index (κ1) is 13.4. The SMILES string of the molecule is O=C(O)CN(CC(=O)O)c1ccncc1[N+](=O)[O-]. The van der Waals surface area contributed by atoms with Crippen LogP contribution < -0.4 is 4.90 Å². The summed E-state index contributed by atoms with van der Waals surface area (Å²) in [7, 11) is 0. The van der Waals surface area contributed by atoms with Gasteiger partial charge >= 0.3 is 17.6 Å². The number of hydrogen-bond donors (Lipinski definition) is 2. The van der Waals surface area contributed by atoms with Crippen LogP contribution in [0.2, 0.25) is 0 Å². The van der Waals surface area contributed by atoms with E-state index in [0.717, 1.165) is 11.1 Å². The van der Waals surface area contributed by atoms with Gasteiger partial charge < -0.3 is 15.1 Å². The molecule has 0 atom stereocenters. The standard InChI is InChI=1S/C9H9N3O6/c13-8(14)4-11(5-9(15)16)6-1-2-10-3-7(6)12(17)18/h1-3H,4-5H2,(H,13,14)(H,15,16). The highest BCUT2D eigenvalue weighted by atomic mass is 16.6. The first-order valence-corrected chi connectivity index (χ1v) is 4.68. The fourth-order valence-electron chi connectivity index (χ4n) is 1.34. The molecule has 0 aliphatic rings. The highest BCUT2D eigenvalue weighted by Crippen LogP contribution is 2.26. The van der Waals surface area contributed by atoms with E-state index in [1.807, 2.05) is 0 Å². The summed E-state index contributed by atoms with van der Waals surface area (Å²) in [6.45, 7) is -1.31. The van der Waals surface area contributed by atoms with Gasteiger partial charge in [-0.25, -0.2) is 0 Å². The van der Waals surface area contributed by atoms with E-state index in [9.17, 15) is 19.7 Å². The minimum absolute atomic E-state index is 0.0974. The second-order valence-corrected chi connectivity index (χ2v) is 3.27. The maximum atomic E-state index is 10.7. The van der Waals surface area contributed by atoms with Crippen LogP contribution in [0, 0.1) is 10.1 Å². The molecule has 0 radical (unpaired) electrons. The Labute approximate surface area is 100 Å². The fourth-order valence-corrected chi connectivity index (χ4v) is 1.34. The van der Waals surface area contributed by atoms with Crippen LogP contribution in [-0.2, 0) is 9.59 Å². The van der Waals surface area contributed by atoms with E-state index >= 15 is 0 Å². The maximum Gasteiger partial charge on any atom is 0.323 e. The summed E-state index contributed by atoms with van der Waals surface area (Å²) in [4.78, 5) is 35.7. The minimum Gasteiger partial charge on any atom is -0.480 e. The van der Waals surface area contributed by atoms with Gasteiger partial charge in [0, 0.05) is 6.20 Å². The number of hydrogen-bond acceptors (Lipinski definition) is 6. The molecular weight excluding hydrogens is 246 g/mol. The quantitative estimate of drug-likeness (QED) is 0.534. The van der Waals surface area contributed by atoms with Gasteiger partial charge in [0.05, 0.1) is 4.92 Å². The van der Waals surface area contributed by atoms with E-state index in [-0.39, 0.29) is 5.69 Å². The molecule has 0 aliphatic carbocycles. The molecule has 0 bridgehead atoms. The van der Waals surface area contributed by atoms with Gasteiger partial charge in [0.2, 0.25) is 0 Å². The van der Waals surface area contributed by atoms with Crippen molar-refractivity contribution < 1.29 is 24.7 Å². The summed E-state index contributed by atoms with van der Waals surface area (Å²) < 4.78 is 0. The van der Waals surface area contributed by atoms with E-state index in [0.29, 0.717) is 0 Å². The zero-order valence-corrected chi connectivity index (χ0v) is 9.02. The molecule has 1 aromatic rings. The molecular formula is C9H9N3O6. The van der Waals surface area contributed by atoms with Gasteiger partial charge in [0.25, 0.3) is 0 Å². The van der Waals surface area contributed by atoms with Crippen molar-refractivity contribution in [1.29, 1.82) is 0 Å². The lowest BCUT2D eigenvalue weighted by Crippen LogP contribution is -2.34. The number of pyridine rings is 1. The summed E-state index contributed by atoms with van der Waals surface area (Å²) in [5.41, 5.74) is -0.542. The lowest BCUT2D eigenvalue weighted by atomic mass is 10.3. The van der Waals surface area contributed by atoms with Gasteiger partial charge in [0.1, 0.15) is 25.0 Å². The fraction of sp³-hybridized carbons (Fsp3) is 0.222. The Morgan fingerprint density at radius 2 is 1.89 bits per heavy atom. The molecule has 0 spiro atoms. The van der Waals surface area contributed by atoms with Crippen LogP contribution in [0.3, 0.4) is 0 Å². The summed E-state index contributed by atoms with van der Waals surface area (Å²) in [6.07, 6.45) is 2.16. The number of carbonyl (C=O) groups is 2. The first-order chi connectivity index (χ1) is 8.41. The Kier molecular flexibility index (Phi) is 4.13. The van der Waals surface area contributed by atoms with Gasteiger partial charge in [-0.05, 0) is 6.07 Å². The number of rotatable bonds is 6. The Morgan fingerprint density at radius 1 is 1.33 bits per heavy atom. The molecule has 18 heavy (non-hydrogen) atoms. The zero-order valence-electron chi connectivity index (χ0n) is 9.02. The van der Waals surface area contributed by atoms with Gasteiger partial charge in [-0.2, -0.15) is 0 Å². The third-order valence-corrected chi connectivity index (χ3v) is 1.97. The first-order valence-electron chi connectivity index (χ1n) is 4.68. The van der Waals surface area contributed by atoms with E-state index in [2.05, 4.69) is 4.98 Å². The van der Waals surface area contributed by atoms with Crippen LogP contribution in [-0.4, -0.2) is 45.1 Å². The zero-order chi connectivity index (χ0) is 13.7. The molecule has 9 nitrogen and oxygen atoms in total. The Morgan fingerprint density at radius 3 is 2.33 bits per heavy atom. The van der Waals surface area contributed by atoms with Crippen LogP contribution in [0.25, 0.3) is 0 Å². The smallest absolute Gasteiger partial charge is 0.323 e. The molecule has 0 saturated carbocycles. The number of aromatic nitrogens is 1. The Hall–Kier alpha value is -2.71. The molecule has 0 aliphatic heterocycles. The molecule has 1 heterocycles. The highest BCUT2D eigenvalue weighted by Gasteiger charge is 2.22. The maximum absolute atomic E-state index is 10.7. The van der Waals surface area contributed by atoms with Crippen LogP contribution in [0.4, 0.5) is 11.4 Å². The van der Waals surface area contributed by atoms with Crippen molar-refractivity contribution in [2.45, 2.75) is 0 Å². The monoisotopic (exact) mass is 255 g/mol. The molecule has 2 N–H and O–H groups in total. The van der Waals surface area contributed by atoms with E-state index in [4.69, 9.17) is 10.2 Å². The molecule has 0 fully saturated rings. The number of nitrogens with zero attached hydrogens (tertiary/aromatic N) is 3. The summed E-state index contributed by atoms with van der Waals surface area (Å²) >= 11 is 0. The number of nitro groups is 1. The van der Waals surface area contributed by atoms with Crippen LogP contribution in [0.15, 0.2) is 18.5 Å². The van der Waals surface area contributed by atoms with Gasteiger partial charge in [0.15, 0.2) is 0 Å². The molecule has 1 rings (SSSR count). The van der Waals surface area contributed by atoms with Crippen LogP contribution in [0.5, 0.6) is 0 Å². The largest absolute Gasteiger partial charge is 0.480 e. The van der Waals surface area contributed by atoms with Crippen molar-refractivity contribution >= 4 is 23.3 Å². The predicted octanol–water partition coefficient (Wildman–Crippen LogP) is -0.0346. The van der Waals surface area contributed by atoms with Gasteiger partial charge in [-0.1, -0.05) is 0 Å². The number of aliphatic carboxylic acids is 2. The molecule has 0 saturated heterocycles. The lowest BCUT2D eigenvalue weighted by molar-refractivity contribution is -0.384. The molecule has 0 amide bonds. The van der Waals surface area contributed by atoms with Crippen LogP contribution >= 0.6 is 0 Å². The molecule has 0 unspecified atom stereocenters. The van der Waals surface area contributed by atoms with Crippen molar-refractivity contribution in [3.8, 4) is 0 Å². The van der Waals surface area contributed by atoms with Gasteiger partial charge in [-0.3, -0.25) is 24.7 Å². The van der Waals surface area contributed by atoms with E-state index < -0.39 is 35.6 Å². The summed E-state index contributed by atoms with van der Waals surface area (Å²) in [5, 5.41) is 28.1. The number of carboxylic acid groups (broad SMARTS) is 2. The molecule has 9 heteroatoms. The Balaban J connectivity index is 3.15. The normalized spacial score (nSPS) is 9.78. The van der Waals surface area contributed by atoms with Crippen molar-refractivity contribution in [1.82, 2.24) is 4.98 Å². The third kappa shape index (κ3) is 3.40. The van der Waals surface area contributed by atoms with Crippen LogP contribution in [0.1, 0.15) is 0 Å². The summed E-state index contributed by atoms with van der Waals surface area (Å²) in [5.74, 6) is -2.58. The number of anilines is 1. The van der Waals surface area contributed by atoms with Crippen molar-refractivity contribution in [2.24, 2.45) is 0 Å². The third-order valence-electron chi connectivity index (χ3n) is 1.97. The second kappa shape index (κ2) is 5.57. The summed E-state index contributed by atoms with van der Waals surface area (Å²) in [6, 6.07) is 1.20. The van der Waals surface area contributed by atoms with E-state index in [1.165, 1.54) is 12.3 Å². The van der Waals surface area contributed by atoms with Crippen molar-refractivity contribution in [3.63, 3.8) is 0 Å². The lowest BCUT2D eigenvalue weighted by Gasteiger charge is -2.19. The second-order valence-electron chi connectivity index (χ2n) is 3.27. The average molecular weight is 255 g/mol. The Bertz CT molecular complexity index is 473. The molecule has 1 aromatic heterocycles. The predicted molar refractivity (Wildman–Crippen MR) is 58.4 cm³/mol. The van der Waals surface area contributed by atoms with Gasteiger partial charge in [-0.15, -0.1) is 0 Å². The molecule has 0 aromatic carbocycles.